The Bertz CT molecular complexity index is 2240. The molecule has 0 spiro atoms. The predicted molar refractivity (Wildman–Crippen MR) is 270 cm³/mol. The lowest BCUT2D eigenvalue weighted by atomic mass is 9.79. The quantitative estimate of drug-likeness (QED) is 0.0390. The highest BCUT2D eigenvalue weighted by molar-refractivity contribution is 7.44. The van der Waals surface area contributed by atoms with Gasteiger partial charge in [-0.3, -0.25) is 0 Å². The topological polar surface area (TPSA) is 77.1 Å². The van der Waals surface area contributed by atoms with Gasteiger partial charge in [0.25, 0.3) is 8.53 Å². The summed E-state index contributed by atoms with van der Waals surface area (Å²) in [5, 5.41) is 0. The lowest BCUT2D eigenvalue weighted by Crippen LogP contribution is -2.41. The van der Waals surface area contributed by atoms with E-state index in [2.05, 4.69) is 143 Å². The van der Waals surface area contributed by atoms with Crippen LogP contribution in [-0.4, -0.2) is 71.6 Å². The van der Waals surface area contributed by atoms with Crippen LogP contribution in [-0.2, 0) is 29.7 Å². The van der Waals surface area contributed by atoms with E-state index in [0.717, 1.165) is 62.8 Å². The number of ether oxygens (including phenoxy) is 6. The molecule has 9 nitrogen and oxygen atoms in total. The van der Waals surface area contributed by atoms with Crippen molar-refractivity contribution in [2.24, 2.45) is 5.41 Å². The largest absolute Gasteiger partial charge is 0.497 e. The fraction of sp³-hybridized carbons (Fsp3) is 0.368. The van der Waals surface area contributed by atoms with E-state index in [0.29, 0.717) is 26.2 Å². The van der Waals surface area contributed by atoms with Crippen LogP contribution in [0.4, 0.5) is 0 Å². The molecule has 0 bridgehead atoms. The van der Waals surface area contributed by atoms with Crippen LogP contribution in [0.2, 0.25) is 0 Å². The van der Waals surface area contributed by atoms with Crippen LogP contribution in [0, 0.1) is 5.41 Å². The molecule has 6 aromatic rings. The minimum Gasteiger partial charge on any atom is -0.497 e. The Morgan fingerprint density at radius 2 is 0.776 bits per heavy atom. The molecule has 0 amide bonds. The third-order valence-corrected chi connectivity index (χ3v) is 14.2. The molecule has 0 aromatic heterocycles. The van der Waals surface area contributed by atoms with E-state index >= 15 is 0 Å². The molecule has 0 N–H and O–H groups in total. The van der Waals surface area contributed by atoms with Crippen molar-refractivity contribution in [2.75, 3.05) is 54.9 Å². The second-order valence-electron chi connectivity index (χ2n) is 17.6. The molecule has 67 heavy (non-hydrogen) atoms. The first-order chi connectivity index (χ1) is 32.5. The van der Waals surface area contributed by atoms with E-state index in [1.165, 1.54) is 0 Å². The van der Waals surface area contributed by atoms with Gasteiger partial charge in [0.1, 0.15) is 34.2 Å². The third kappa shape index (κ3) is 12.1. The molecule has 10 heteroatoms. The SMILES string of the molecule is CCCOP(OCC(C)(CCOC(c1ccccc1)(c1ccc(OC)cc1)c1ccc(OC)cc1)COC(c1ccccc1)(c1ccc(OC)cc1)c1ccc(OC)cc1)N(C(C)C)C(C)C. The molecule has 0 aliphatic heterocycles. The van der Waals surface area contributed by atoms with Crippen molar-refractivity contribution in [1.29, 1.82) is 0 Å². The molecule has 6 rings (SSSR count). The van der Waals surface area contributed by atoms with Gasteiger partial charge in [-0.2, -0.15) is 0 Å². The van der Waals surface area contributed by atoms with E-state index in [-0.39, 0.29) is 18.7 Å². The van der Waals surface area contributed by atoms with E-state index in [4.69, 9.17) is 37.5 Å². The molecule has 0 heterocycles. The average Bonchev–Trinajstić information content (AvgIpc) is 3.37. The molecular weight excluding hydrogens is 858 g/mol. The van der Waals surface area contributed by atoms with Gasteiger partial charge in [-0.1, -0.05) is 123 Å². The Kier molecular flexibility index (Phi) is 18.4. The van der Waals surface area contributed by atoms with Crippen molar-refractivity contribution in [2.45, 2.75) is 77.7 Å². The summed E-state index contributed by atoms with van der Waals surface area (Å²) in [4.78, 5) is 0. The highest BCUT2D eigenvalue weighted by Crippen LogP contribution is 2.49. The average molecular weight is 928 g/mol. The van der Waals surface area contributed by atoms with Gasteiger partial charge in [0, 0.05) is 24.1 Å². The summed E-state index contributed by atoms with van der Waals surface area (Å²) in [7, 11) is 5.30. The van der Waals surface area contributed by atoms with Crippen LogP contribution < -0.4 is 18.9 Å². The van der Waals surface area contributed by atoms with Crippen molar-refractivity contribution >= 4 is 8.53 Å². The highest BCUT2D eigenvalue weighted by Gasteiger charge is 2.43. The van der Waals surface area contributed by atoms with Gasteiger partial charge in [-0.05, 0) is 122 Å². The summed E-state index contributed by atoms with van der Waals surface area (Å²) in [6.07, 6.45) is 1.44. The Morgan fingerprint density at radius 3 is 1.10 bits per heavy atom. The molecule has 6 aromatic carbocycles. The highest BCUT2D eigenvalue weighted by atomic mass is 31.2. The molecule has 0 radical (unpaired) electrons. The van der Waals surface area contributed by atoms with E-state index < -0.39 is 25.1 Å². The number of benzene rings is 6. The van der Waals surface area contributed by atoms with Crippen molar-refractivity contribution in [3.8, 4) is 23.0 Å². The summed E-state index contributed by atoms with van der Waals surface area (Å²) in [6.45, 7) is 14.7. The van der Waals surface area contributed by atoms with Crippen molar-refractivity contribution in [1.82, 2.24) is 4.67 Å². The number of methoxy groups -OCH3 is 4. The van der Waals surface area contributed by atoms with Gasteiger partial charge in [-0.25, -0.2) is 4.67 Å². The fourth-order valence-corrected chi connectivity index (χ4v) is 10.4. The predicted octanol–water partition coefficient (Wildman–Crippen LogP) is 13.2. The van der Waals surface area contributed by atoms with Gasteiger partial charge in [-0.15, -0.1) is 0 Å². The van der Waals surface area contributed by atoms with Crippen LogP contribution in [0.25, 0.3) is 0 Å². The van der Waals surface area contributed by atoms with Crippen molar-refractivity contribution in [3.63, 3.8) is 0 Å². The maximum atomic E-state index is 7.66. The first kappa shape index (κ1) is 51.1. The van der Waals surface area contributed by atoms with Crippen LogP contribution in [0.5, 0.6) is 23.0 Å². The van der Waals surface area contributed by atoms with E-state index in [1.54, 1.807) is 28.4 Å². The van der Waals surface area contributed by atoms with Crippen LogP contribution in [0.15, 0.2) is 158 Å². The van der Waals surface area contributed by atoms with Gasteiger partial charge in [0.15, 0.2) is 0 Å². The summed E-state index contributed by atoms with van der Waals surface area (Å²) in [6, 6.07) is 53.8. The lowest BCUT2D eigenvalue weighted by molar-refractivity contribution is -0.0710. The minimum atomic E-state index is -1.43. The minimum absolute atomic E-state index is 0.199. The molecular formula is C57H70NO8P. The third-order valence-electron chi connectivity index (χ3n) is 12.2. The number of nitrogens with zero attached hydrogens (tertiary/aromatic N) is 1. The Morgan fingerprint density at radius 1 is 0.433 bits per heavy atom. The summed E-state index contributed by atoms with van der Waals surface area (Å²) in [5.74, 6) is 3.03. The van der Waals surface area contributed by atoms with Crippen LogP contribution in [0.1, 0.15) is 87.8 Å². The zero-order valence-corrected chi connectivity index (χ0v) is 42.0. The van der Waals surface area contributed by atoms with Crippen molar-refractivity contribution < 1.29 is 37.5 Å². The molecule has 0 aliphatic carbocycles. The smallest absolute Gasteiger partial charge is 0.259 e. The van der Waals surface area contributed by atoms with Gasteiger partial charge >= 0.3 is 0 Å². The monoisotopic (exact) mass is 927 g/mol. The molecule has 0 saturated heterocycles. The number of rotatable bonds is 26. The van der Waals surface area contributed by atoms with Gasteiger partial charge in [0.2, 0.25) is 0 Å². The second kappa shape index (κ2) is 24.2. The standard InChI is InChI=1S/C57H70NO8P/c1-11-39-65-67(58(43(2)3)44(4)5)66-42-55(6,41-64-57(46-20-16-13-17-21-46,49-26-34-53(61-9)35-27-49)50-28-36-54(62-10)37-29-50)38-40-63-56(45-18-14-12-15-19-45,47-22-30-51(59-7)31-23-47)48-24-32-52(60-8)33-25-48/h12-37,43-44H,11,38-42H2,1-10H3. The molecule has 0 aliphatic rings. The molecule has 0 fully saturated rings. The second-order valence-corrected chi connectivity index (χ2v) is 19.1. The summed E-state index contributed by atoms with van der Waals surface area (Å²) in [5.41, 5.74) is 3.10. The summed E-state index contributed by atoms with van der Waals surface area (Å²) < 4.78 is 53.8. The zero-order valence-electron chi connectivity index (χ0n) is 41.1. The first-order valence-corrected chi connectivity index (χ1v) is 24.4. The van der Waals surface area contributed by atoms with Crippen molar-refractivity contribution in [3.05, 3.63) is 191 Å². The summed E-state index contributed by atoms with van der Waals surface area (Å²) >= 11 is 0. The van der Waals surface area contributed by atoms with Crippen LogP contribution in [0.3, 0.4) is 0 Å². The fourth-order valence-electron chi connectivity index (χ4n) is 8.59. The Labute approximate surface area is 401 Å². The maximum absolute atomic E-state index is 7.66. The molecule has 0 saturated carbocycles. The van der Waals surface area contributed by atoms with Crippen LogP contribution >= 0.6 is 8.53 Å². The van der Waals surface area contributed by atoms with Gasteiger partial charge < -0.3 is 37.5 Å². The Balaban J connectivity index is 1.48. The first-order valence-electron chi connectivity index (χ1n) is 23.3. The Hall–Kier alpha value is -5.25. The van der Waals surface area contributed by atoms with Gasteiger partial charge in [0.05, 0.1) is 48.3 Å². The van der Waals surface area contributed by atoms with E-state index in [1.807, 2.05) is 60.7 Å². The molecule has 356 valence electrons. The number of hydrogen-bond acceptors (Lipinski definition) is 9. The number of hydrogen-bond donors (Lipinski definition) is 0. The maximum Gasteiger partial charge on any atom is 0.259 e. The van der Waals surface area contributed by atoms with E-state index in [9.17, 15) is 0 Å². The normalized spacial score (nSPS) is 13.4. The molecule has 2 atom stereocenters. The molecule has 2 unspecified atom stereocenters. The zero-order chi connectivity index (χ0) is 47.9. The lowest BCUT2D eigenvalue weighted by Gasteiger charge is -2.42.